The number of nitrogens with zero attached hydrogens (tertiary/aromatic N) is 3. The Morgan fingerprint density at radius 3 is 2.47 bits per heavy atom. The minimum absolute atomic E-state index is 0.0305. The van der Waals surface area contributed by atoms with E-state index < -0.39 is 0 Å². The standard InChI is InChI=1S/C31H35N3O4/c1-21-16-25(17-22(2)30(21)37-19-23-8-6-5-7-9-23)27-13-11-24-10-12-26(36-15-14-33(3)4)18-28(24)34(27)31-32-29(35)20-38-31/h5-10,12,16-18,27H,11,13-15,19-20H2,1-4H3. The highest BCUT2D eigenvalue weighted by Crippen LogP contribution is 2.42. The van der Waals surface area contributed by atoms with Crippen LogP contribution >= 0.6 is 0 Å². The zero-order valence-corrected chi connectivity index (χ0v) is 22.6. The van der Waals surface area contributed by atoms with E-state index in [9.17, 15) is 4.79 Å². The second-order valence-electron chi connectivity index (χ2n) is 10.2. The fraction of sp³-hybridized carbons (Fsp3) is 0.355. The molecule has 5 rings (SSSR count). The number of aliphatic imine (C=N–C) groups is 1. The second kappa shape index (κ2) is 11.3. The summed E-state index contributed by atoms with van der Waals surface area (Å²) in [6.45, 7) is 6.08. The van der Waals surface area contributed by atoms with Gasteiger partial charge in [0.25, 0.3) is 5.91 Å². The zero-order chi connectivity index (χ0) is 26.6. The Morgan fingerprint density at radius 1 is 1.03 bits per heavy atom. The number of anilines is 1. The van der Waals surface area contributed by atoms with Crippen LogP contribution in [0.2, 0.25) is 0 Å². The Kier molecular flexibility index (Phi) is 7.65. The van der Waals surface area contributed by atoms with Crippen LogP contribution in [0.4, 0.5) is 5.69 Å². The van der Waals surface area contributed by atoms with Crippen LogP contribution in [0.1, 0.15) is 40.3 Å². The van der Waals surface area contributed by atoms with Crippen molar-refractivity contribution >= 4 is 17.6 Å². The highest BCUT2D eigenvalue weighted by atomic mass is 16.5. The normalized spacial score (nSPS) is 16.8. The Morgan fingerprint density at radius 2 is 1.79 bits per heavy atom. The molecule has 0 radical (unpaired) electrons. The molecule has 3 aromatic carbocycles. The molecule has 2 aliphatic heterocycles. The number of benzene rings is 3. The van der Waals surface area contributed by atoms with Gasteiger partial charge in [-0.05, 0) is 74.7 Å². The molecule has 0 bridgehead atoms. The van der Waals surface area contributed by atoms with Crippen LogP contribution in [0, 0.1) is 13.8 Å². The molecule has 7 heteroatoms. The van der Waals surface area contributed by atoms with Crippen molar-refractivity contribution in [3.05, 3.63) is 88.5 Å². The summed E-state index contributed by atoms with van der Waals surface area (Å²) in [5.74, 6) is 1.43. The van der Waals surface area contributed by atoms with E-state index >= 15 is 0 Å². The highest BCUT2D eigenvalue weighted by molar-refractivity contribution is 6.05. The predicted molar refractivity (Wildman–Crippen MR) is 149 cm³/mol. The van der Waals surface area contributed by atoms with Crippen LogP contribution in [0.15, 0.2) is 65.7 Å². The summed E-state index contributed by atoms with van der Waals surface area (Å²) in [5.41, 5.74) is 6.58. The van der Waals surface area contributed by atoms with Gasteiger partial charge in [0.15, 0.2) is 6.61 Å². The molecule has 198 valence electrons. The van der Waals surface area contributed by atoms with Crippen LogP contribution in [0.5, 0.6) is 11.5 Å². The maximum absolute atomic E-state index is 12.1. The number of amidine groups is 1. The van der Waals surface area contributed by atoms with E-state index in [1.54, 1.807) is 0 Å². The summed E-state index contributed by atoms with van der Waals surface area (Å²) in [4.78, 5) is 20.5. The average Bonchev–Trinajstić information content (AvgIpc) is 3.33. The summed E-state index contributed by atoms with van der Waals surface area (Å²) >= 11 is 0. The SMILES string of the molecule is Cc1cc(C2CCc3ccc(OCCN(C)C)cc3N2C2=NC(=O)CO2)cc(C)c1OCc1ccccc1. The average molecular weight is 514 g/mol. The first-order valence-corrected chi connectivity index (χ1v) is 13.1. The summed E-state index contributed by atoms with van der Waals surface area (Å²) in [6, 6.07) is 21.0. The predicted octanol–water partition coefficient (Wildman–Crippen LogP) is 5.23. The molecule has 0 saturated carbocycles. The number of ether oxygens (including phenoxy) is 3. The highest BCUT2D eigenvalue weighted by Gasteiger charge is 2.35. The van der Waals surface area contributed by atoms with Gasteiger partial charge >= 0.3 is 6.02 Å². The van der Waals surface area contributed by atoms with Crippen LogP contribution in [0.3, 0.4) is 0 Å². The number of rotatable bonds is 8. The minimum atomic E-state index is -0.263. The first kappa shape index (κ1) is 25.8. The van der Waals surface area contributed by atoms with E-state index in [4.69, 9.17) is 14.2 Å². The molecule has 0 aliphatic carbocycles. The lowest BCUT2D eigenvalue weighted by Gasteiger charge is -2.38. The van der Waals surface area contributed by atoms with Crippen molar-refractivity contribution in [1.82, 2.24) is 4.90 Å². The zero-order valence-electron chi connectivity index (χ0n) is 22.6. The fourth-order valence-corrected chi connectivity index (χ4v) is 5.11. The second-order valence-corrected chi connectivity index (χ2v) is 10.2. The quantitative estimate of drug-likeness (QED) is 0.411. The molecule has 38 heavy (non-hydrogen) atoms. The van der Waals surface area contributed by atoms with Gasteiger partial charge in [-0.3, -0.25) is 9.69 Å². The van der Waals surface area contributed by atoms with Gasteiger partial charge in [-0.1, -0.05) is 48.5 Å². The molecule has 1 atom stereocenters. The molecule has 0 N–H and O–H groups in total. The van der Waals surface area contributed by atoms with E-state index in [2.05, 4.69) is 59.0 Å². The first-order chi connectivity index (χ1) is 18.4. The lowest BCUT2D eigenvalue weighted by molar-refractivity contribution is -0.118. The van der Waals surface area contributed by atoms with E-state index in [1.807, 2.05) is 44.4 Å². The molecule has 7 nitrogen and oxygen atoms in total. The van der Waals surface area contributed by atoms with Crippen molar-refractivity contribution < 1.29 is 19.0 Å². The number of carbonyl (C=O) groups is 1. The maximum atomic E-state index is 12.1. The van der Waals surface area contributed by atoms with Crippen LogP contribution in [-0.4, -0.2) is 50.7 Å². The molecular formula is C31H35N3O4. The number of hydrogen-bond acceptors (Lipinski definition) is 6. The third kappa shape index (κ3) is 5.68. The van der Waals surface area contributed by atoms with Crippen molar-refractivity contribution in [1.29, 1.82) is 0 Å². The Labute approximate surface area is 224 Å². The number of amides is 1. The van der Waals surface area contributed by atoms with Crippen molar-refractivity contribution in [2.45, 2.75) is 39.3 Å². The third-order valence-corrected chi connectivity index (χ3v) is 6.97. The molecule has 1 amide bonds. The van der Waals surface area contributed by atoms with Gasteiger partial charge < -0.3 is 19.1 Å². The van der Waals surface area contributed by atoms with Crippen molar-refractivity contribution in [2.75, 3.05) is 38.8 Å². The molecule has 2 aliphatic rings. The topological polar surface area (TPSA) is 63.6 Å². The number of carbonyl (C=O) groups excluding carboxylic acids is 1. The molecule has 3 aromatic rings. The van der Waals surface area contributed by atoms with Crippen molar-refractivity contribution in [2.24, 2.45) is 4.99 Å². The third-order valence-electron chi connectivity index (χ3n) is 6.97. The van der Waals surface area contributed by atoms with E-state index in [0.29, 0.717) is 19.2 Å². The Balaban J connectivity index is 1.45. The van der Waals surface area contributed by atoms with Gasteiger partial charge in [0.05, 0.1) is 11.7 Å². The summed E-state index contributed by atoms with van der Waals surface area (Å²) in [6.07, 6.45) is 1.77. The van der Waals surface area contributed by atoms with Gasteiger partial charge in [-0.15, -0.1) is 0 Å². The van der Waals surface area contributed by atoms with Crippen LogP contribution in [0.25, 0.3) is 0 Å². The molecule has 0 spiro atoms. The summed E-state index contributed by atoms with van der Waals surface area (Å²) < 4.78 is 18.1. The number of likely N-dealkylation sites (N-methyl/N-ethyl adjacent to an activating group) is 1. The van der Waals surface area contributed by atoms with E-state index in [0.717, 1.165) is 58.8 Å². The fourth-order valence-electron chi connectivity index (χ4n) is 5.11. The smallest absolute Gasteiger partial charge is 0.301 e. The first-order valence-electron chi connectivity index (χ1n) is 13.1. The number of aryl methyl sites for hydroxylation is 3. The number of fused-ring (bicyclic) bond motifs is 1. The molecule has 0 fully saturated rings. The van der Waals surface area contributed by atoms with Crippen molar-refractivity contribution in [3.8, 4) is 11.5 Å². The molecule has 0 saturated heterocycles. The maximum Gasteiger partial charge on any atom is 0.301 e. The molecule has 1 unspecified atom stereocenters. The summed E-state index contributed by atoms with van der Waals surface area (Å²) in [5, 5.41) is 0. The Hall–Kier alpha value is -3.84. The van der Waals surface area contributed by atoms with E-state index in [1.165, 1.54) is 5.56 Å². The van der Waals surface area contributed by atoms with Gasteiger partial charge in [0, 0.05) is 12.6 Å². The number of hydrogen-bond donors (Lipinski definition) is 0. The van der Waals surface area contributed by atoms with Crippen molar-refractivity contribution in [3.63, 3.8) is 0 Å². The lowest BCUT2D eigenvalue weighted by atomic mass is 9.89. The van der Waals surface area contributed by atoms with Gasteiger partial charge in [-0.25, -0.2) is 0 Å². The molecule has 2 heterocycles. The summed E-state index contributed by atoms with van der Waals surface area (Å²) in [7, 11) is 4.05. The van der Waals surface area contributed by atoms with Gasteiger partial charge in [0.1, 0.15) is 24.7 Å². The molecule has 0 aromatic heterocycles. The monoisotopic (exact) mass is 513 g/mol. The van der Waals surface area contributed by atoms with Gasteiger partial charge in [-0.2, -0.15) is 4.99 Å². The van der Waals surface area contributed by atoms with Gasteiger partial charge in [0.2, 0.25) is 0 Å². The lowest BCUT2D eigenvalue weighted by Crippen LogP contribution is -2.38. The Bertz CT molecular complexity index is 1310. The largest absolute Gasteiger partial charge is 0.492 e. The minimum Gasteiger partial charge on any atom is -0.492 e. The van der Waals surface area contributed by atoms with Crippen LogP contribution < -0.4 is 14.4 Å². The van der Waals surface area contributed by atoms with Crippen LogP contribution in [-0.2, 0) is 22.6 Å². The molecular weight excluding hydrogens is 478 g/mol. The van der Waals surface area contributed by atoms with E-state index in [-0.39, 0.29) is 18.6 Å².